The van der Waals surface area contributed by atoms with Gasteiger partial charge in [-0.05, 0) is 26.0 Å². The summed E-state index contributed by atoms with van der Waals surface area (Å²) in [6, 6.07) is 3.27. The zero-order valence-corrected chi connectivity index (χ0v) is 12.0. The summed E-state index contributed by atoms with van der Waals surface area (Å²) < 4.78 is 40.3. The number of H-pyrrole nitrogens is 1. The number of aryl methyl sites for hydroxylation is 2. The number of carbonyl (C=O) groups is 1. The smallest absolute Gasteiger partial charge is 0.337 e. The van der Waals surface area contributed by atoms with E-state index in [1.165, 1.54) is 19.9 Å². The Kier molecular flexibility index (Phi) is 3.69. The minimum absolute atomic E-state index is 0.137. The van der Waals surface area contributed by atoms with Crippen molar-refractivity contribution in [2.45, 2.75) is 18.7 Å². The number of aromatic carboxylic acids is 1. The molecule has 0 aliphatic carbocycles. The van der Waals surface area contributed by atoms with E-state index in [1.807, 2.05) is 4.72 Å². The zero-order chi connectivity index (χ0) is 15.8. The first-order valence-corrected chi connectivity index (χ1v) is 7.28. The van der Waals surface area contributed by atoms with Gasteiger partial charge in [-0.2, -0.15) is 5.10 Å². The SMILES string of the molecule is Cc1n[nH]c(C)c1S(=O)(=O)Nc1c(F)cccc1C(=O)O. The molecule has 112 valence electrons. The molecule has 0 fully saturated rings. The highest BCUT2D eigenvalue weighted by Gasteiger charge is 2.26. The lowest BCUT2D eigenvalue weighted by molar-refractivity contribution is 0.0697. The molecule has 21 heavy (non-hydrogen) atoms. The highest BCUT2D eigenvalue weighted by Crippen LogP contribution is 2.25. The third-order valence-corrected chi connectivity index (χ3v) is 4.42. The van der Waals surface area contributed by atoms with Crippen molar-refractivity contribution >= 4 is 21.7 Å². The number of halogens is 1. The number of hydrogen-bond acceptors (Lipinski definition) is 4. The number of aromatic amines is 1. The third-order valence-electron chi connectivity index (χ3n) is 2.81. The predicted octanol–water partition coefficient (Wildman–Crippen LogP) is 1.66. The molecule has 1 aromatic carbocycles. The lowest BCUT2D eigenvalue weighted by atomic mass is 10.2. The van der Waals surface area contributed by atoms with E-state index < -0.39 is 33.1 Å². The van der Waals surface area contributed by atoms with Gasteiger partial charge in [-0.25, -0.2) is 17.6 Å². The highest BCUT2D eigenvalue weighted by atomic mass is 32.2. The van der Waals surface area contributed by atoms with Gasteiger partial charge < -0.3 is 5.11 Å². The fraction of sp³-hybridized carbons (Fsp3) is 0.167. The molecular formula is C12H12FN3O4S. The number of nitrogens with one attached hydrogen (secondary N) is 2. The molecule has 7 nitrogen and oxygen atoms in total. The van der Waals surface area contributed by atoms with Crippen LogP contribution in [0.5, 0.6) is 0 Å². The Bertz CT molecular complexity index is 794. The van der Waals surface area contributed by atoms with Crippen LogP contribution >= 0.6 is 0 Å². The van der Waals surface area contributed by atoms with Gasteiger partial charge in [0.1, 0.15) is 10.7 Å². The molecule has 0 unspecified atom stereocenters. The Labute approximate surface area is 119 Å². The number of carboxylic acid groups (broad SMARTS) is 1. The second kappa shape index (κ2) is 5.17. The van der Waals surface area contributed by atoms with Gasteiger partial charge in [0.15, 0.2) is 0 Å². The fourth-order valence-electron chi connectivity index (χ4n) is 1.93. The molecule has 0 amide bonds. The number of nitrogens with zero attached hydrogens (tertiary/aromatic N) is 1. The van der Waals surface area contributed by atoms with E-state index in [-0.39, 0.29) is 16.3 Å². The number of para-hydroxylation sites is 1. The molecule has 3 N–H and O–H groups in total. The second-order valence-corrected chi connectivity index (χ2v) is 5.96. The number of aromatic nitrogens is 2. The van der Waals surface area contributed by atoms with E-state index in [2.05, 4.69) is 10.2 Å². The number of rotatable bonds is 4. The molecule has 9 heteroatoms. The summed E-state index contributed by atoms with van der Waals surface area (Å²) in [5.74, 6) is -2.41. The van der Waals surface area contributed by atoms with Crippen LogP contribution in [0.1, 0.15) is 21.7 Å². The monoisotopic (exact) mass is 313 g/mol. The standard InChI is InChI=1S/C12H12FN3O4S/c1-6-11(7(2)15-14-6)21(19,20)16-10-8(12(17)18)4-3-5-9(10)13/h3-5,16H,1-2H3,(H,14,15)(H,17,18). The first-order valence-electron chi connectivity index (χ1n) is 5.80. The summed E-state index contributed by atoms with van der Waals surface area (Å²) in [4.78, 5) is 10.9. The molecule has 1 heterocycles. The van der Waals surface area contributed by atoms with Crippen molar-refractivity contribution in [2.24, 2.45) is 0 Å². The van der Waals surface area contributed by atoms with E-state index in [9.17, 15) is 17.6 Å². The van der Waals surface area contributed by atoms with E-state index in [1.54, 1.807) is 0 Å². The lowest BCUT2D eigenvalue weighted by Crippen LogP contribution is -2.18. The average Bonchev–Trinajstić information content (AvgIpc) is 2.71. The average molecular weight is 313 g/mol. The van der Waals surface area contributed by atoms with Crippen LogP contribution in [0, 0.1) is 19.7 Å². The van der Waals surface area contributed by atoms with E-state index in [4.69, 9.17) is 5.11 Å². The molecule has 0 aliphatic heterocycles. The van der Waals surface area contributed by atoms with E-state index >= 15 is 0 Å². The molecule has 0 bridgehead atoms. The van der Waals surface area contributed by atoms with Crippen LogP contribution in [0.2, 0.25) is 0 Å². The molecule has 0 spiro atoms. The fourth-order valence-corrected chi connectivity index (χ4v) is 3.39. The Morgan fingerprint density at radius 2 is 2.05 bits per heavy atom. The summed E-state index contributed by atoms with van der Waals surface area (Å²) in [7, 11) is -4.16. The number of hydrogen-bond donors (Lipinski definition) is 3. The van der Waals surface area contributed by atoms with Crippen molar-refractivity contribution in [3.8, 4) is 0 Å². The third kappa shape index (κ3) is 2.72. The van der Waals surface area contributed by atoms with Crippen molar-refractivity contribution in [3.63, 3.8) is 0 Å². The van der Waals surface area contributed by atoms with Gasteiger partial charge in [0.05, 0.1) is 22.6 Å². The van der Waals surface area contributed by atoms with Crippen molar-refractivity contribution in [2.75, 3.05) is 4.72 Å². The quantitative estimate of drug-likeness (QED) is 0.794. The lowest BCUT2D eigenvalue weighted by Gasteiger charge is -2.11. The Hall–Kier alpha value is -2.42. The van der Waals surface area contributed by atoms with E-state index in [0.29, 0.717) is 0 Å². The summed E-state index contributed by atoms with van der Waals surface area (Å²) in [5, 5.41) is 15.3. The highest BCUT2D eigenvalue weighted by molar-refractivity contribution is 7.92. The molecule has 0 aliphatic rings. The van der Waals surface area contributed by atoms with Gasteiger partial charge in [-0.15, -0.1) is 0 Å². The molecule has 2 aromatic rings. The van der Waals surface area contributed by atoms with Crippen LogP contribution in [0.3, 0.4) is 0 Å². The molecule has 1 aromatic heterocycles. The predicted molar refractivity (Wildman–Crippen MR) is 72.2 cm³/mol. The Balaban J connectivity index is 2.55. The Morgan fingerprint density at radius 1 is 1.38 bits per heavy atom. The van der Waals surface area contributed by atoms with Crippen LogP contribution in [0.25, 0.3) is 0 Å². The van der Waals surface area contributed by atoms with Crippen LogP contribution in [-0.4, -0.2) is 29.7 Å². The first-order chi connectivity index (χ1) is 9.74. The summed E-state index contributed by atoms with van der Waals surface area (Å²) in [5.41, 5.74) is -0.608. The van der Waals surface area contributed by atoms with Gasteiger partial charge >= 0.3 is 5.97 Å². The maximum absolute atomic E-state index is 13.8. The molecule has 0 atom stereocenters. The van der Waals surface area contributed by atoms with Crippen molar-refractivity contribution in [3.05, 3.63) is 41.0 Å². The van der Waals surface area contributed by atoms with Gasteiger partial charge in [0, 0.05) is 0 Å². The largest absolute Gasteiger partial charge is 0.478 e. The van der Waals surface area contributed by atoms with Gasteiger partial charge in [0.2, 0.25) is 0 Å². The number of benzene rings is 1. The van der Waals surface area contributed by atoms with Crippen molar-refractivity contribution in [1.82, 2.24) is 10.2 Å². The molecule has 0 radical (unpaired) electrons. The summed E-state index contributed by atoms with van der Waals surface area (Å²) in [6.07, 6.45) is 0. The number of sulfonamides is 1. The Morgan fingerprint density at radius 3 is 2.57 bits per heavy atom. The first kappa shape index (κ1) is 15.0. The summed E-state index contributed by atoms with van der Waals surface area (Å²) in [6.45, 7) is 2.96. The van der Waals surface area contributed by atoms with Crippen molar-refractivity contribution in [1.29, 1.82) is 0 Å². The normalized spacial score (nSPS) is 11.4. The number of anilines is 1. The van der Waals surface area contributed by atoms with Crippen LogP contribution in [0.15, 0.2) is 23.1 Å². The van der Waals surface area contributed by atoms with Crippen LogP contribution in [0.4, 0.5) is 10.1 Å². The van der Waals surface area contributed by atoms with Gasteiger partial charge in [-0.3, -0.25) is 9.82 Å². The maximum atomic E-state index is 13.8. The zero-order valence-electron chi connectivity index (χ0n) is 11.1. The molecule has 0 saturated carbocycles. The molecule has 0 saturated heterocycles. The maximum Gasteiger partial charge on any atom is 0.337 e. The topological polar surface area (TPSA) is 112 Å². The van der Waals surface area contributed by atoms with Crippen molar-refractivity contribution < 1.29 is 22.7 Å². The van der Waals surface area contributed by atoms with Crippen LogP contribution < -0.4 is 4.72 Å². The minimum atomic E-state index is -4.16. The molecule has 2 rings (SSSR count). The second-order valence-electron chi connectivity index (χ2n) is 4.34. The van der Waals surface area contributed by atoms with Gasteiger partial charge in [0.25, 0.3) is 10.0 Å². The van der Waals surface area contributed by atoms with E-state index in [0.717, 1.165) is 12.1 Å². The number of carboxylic acids is 1. The minimum Gasteiger partial charge on any atom is -0.478 e. The molecular weight excluding hydrogens is 301 g/mol. The van der Waals surface area contributed by atoms with Gasteiger partial charge in [-0.1, -0.05) is 6.07 Å². The summed E-state index contributed by atoms with van der Waals surface area (Å²) >= 11 is 0. The van der Waals surface area contributed by atoms with Crippen LogP contribution in [-0.2, 0) is 10.0 Å².